The molecule has 1 aliphatic heterocycles. The van der Waals surface area contributed by atoms with Crippen LogP contribution in [-0.2, 0) is 11.2 Å². The van der Waals surface area contributed by atoms with Crippen LogP contribution in [-0.4, -0.2) is 45.1 Å². The van der Waals surface area contributed by atoms with Crippen LogP contribution < -0.4 is 0 Å². The third-order valence-electron chi connectivity index (χ3n) is 4.37. The van der Waals surface area contributed by atoms with Crippen molar-refractivity contribution in [3.8, 4) is 0 Å². The first-order valence-electron chi connectivity index (χ1n) is 8.03. The SMILES string of the molecule is CSc1ccc(CCC(=O)N2CCC(n3nccn3)CC2)cc1. The van der Waals surface area contributed by atoms with Crippen molar-refractivity contribution in [2.45, 2.75) is 36.6 Å². The highest BCUT2D eigenvalue weighted by Gasteiger charge is 2.24. The Balaban J connectivity index is 1.45. The van der Waals surface area contributed by atoms with Gasteiger partial charge in [-0.2, -0.15) is 15.0 Å². The Morgan fingerprint density at radius 2 is 1.83 bits per heavy atom. The van der Waals surface area contributed by atoms with E-state index in [1.165, 1.54) is 10.5 Å². The molecule has 5 nitrogen and oxygen atoms in total. The van der Waals surface area contributed by atoms with E-state index in [9.17, 15) is 4.79 Å². The number of nitrogens with zero attached hydrogens (tertiary/aromatic N) is 4. The molecule has 0 aliphatic carbocycles. The van der Waals surface area contributed by atoms with Crippen LogP contribution in [0.5, 0.6) is 0 Å². The minimum atomic E-state index is 0.255. The van der Waals surface area contributed by atoms with Gasteiger partial charge in [0, 0.05) is 24.4 Å². The molecule has 1 aromatic carbocycles. The Kier molecular flexibility index (Phi) is 5.33. The van der Waals surface area contributed by atoms with E-state index in [-0.39, 0.29) is 5.91 Å². The lowest BCUT2D eigenvalue weighted by molar-refractivity contribution is -0.132. The molecule has 6 heteroatoms. The molecule has 0 radical (unpaired) electrons. The molecular formula is C17H22N4OS. The number of amides is 1. The van der Waals surface area contributed by atoms with Crippen LogP contribution in [0.4, 0.5) is 0 Å². The van der Waals surface area contributed by atoms with Crippen molar-refractivity contribution in [3.63, 3.8) is 0 Å². The molecule has 3 rings (SSSR count). The first-order valence-corrected chi connectivity index (χ1v) is 9.25. The molecule has 0 atom stereocenters. The molecule has 2 aromatic rings. The van der Waals surface area contributed by atoms with Crippen molar-refractivity contribution in [1.82, 2.24) is 19.9 Å². The predicted octanol–water partition coefficient (Wildman–Crippen LogP) is 2.80. The summed E-state index contributed by atoms with van der Waals surface area (Å²) >= 11 is 1.74. The first kappa shape index (κ1) is 16.1. The first-order chi connectivity index (χ1) is 11.3. The highest BCUT2D eigenvalue weighted by molar-refractivity contribution is 7.98. The number of thioether (sulfide) groups is 1. The van der Waals surface area contributed by atoms with Crippen LogP contribution in [0.3, 0.4) is 0 Å². The van der Waals surface area contributed by atoms with Crippen molar-refractivity contribution >= 4 is 17.7 Å². The quantitative estimate of drug-likeness (QED) is 0.791. The average molecular weight is 330 g/mol. The van der Waals surface area contributed by atoms with Gasteiger partial charge in [0.25, 0.3) is 0 Å². The van der Waals surface area contributed by atoms with Crippen molar-refractivity contribution in [1.29, 1.82) is 0 Å². The molecule has 1 saturated heterocycles. The third-order valence-corrected chi connectivity index (χ3v) is 5.11. The number of carbonyl (C=O) groups is 1. The molecule has 0 N–H and O–H groups in total. The zero-order valence-electron chi connectivity index (χ0n) is 13.4. The number of benzene rings is 1. The molecule has 1 amide bonds. The molecule has 23 heavy (non-hydrogen) atoms. The summed E-state index contributed by atoms with van der Waals surface area (Å²) in [7, 11) is 0. The monoisotopic (exact) mass is 330 g/mol. The summed E-state index contributed by atoms with van der Waals surface area (Å²) in [5, 5.41) is 8.40. The lowest BCUT2D eigenvalue weighted by Gasteiger charge is -2.31. The van der Waals surface area contributed by atoms with Gasteiger partial charge >= 0.3 is 0 Å². The minimum absolute atomic E-state index is 0.255. The van der Waals surface area contributed by atoms with E-state index in [1.807, 2.05) is 4.90 Å². The predicted molar refractivity (Wildman–Crippen MR) is 91.4 cm³/mol. The molecule has 122 valence electrons. The number of aryl methyl sites for hydroxylation is 1. The van der Waals surface area contributed by atoms with Gasteiger partial charge < -0.3 is 4.90 Å². The second-order valence-corrected chi connectivity index (χ2v) is 6.69. The average Bonchev–Trinajstić information content (AvgIpc) is 3.15. The lowest BCUT2D eigenvalue weighted by atomic mass is 10.0. The highest BCUT2D eigenvalue weighted by Crippen LogP contribution is 2.21. The maximum Gasteiger partial charge on any atom is 0.222 e. The van der Waals surface area contributed by atoms with E-state index in [0.717, 1.165) is 32.4 Å². The van der Waals surface area contributed by atoms with Crippen molar-refractivity contribution in [2.75, 3.05) is 19.3 Å². The summed E-state index contributed by atoms with van der Waals surface area (Å²) in [5.74, 6) is 0.255. The molecule has 1 fully saturated rings. The van der Waals surface area contributed by atoms with Crippen LogP contribution in [0.1, 0.15) is 30.9 Å². The Hall–Kier alpha value is -1.82. The number of carbonyl (C=O) groups excluding carboxylic acids is 1. The van der Waals surface area contributed by atoms with E-state index >= 15 is 0 Å². The van der Waals surface area contributed by atoms with Gasteiger partial charge in [0.1, 0.15) is 0 Å². The van der Waals surface area contributed by atoms with Crippen LogP contribution in [0.2, 0.25) is 0 Å². The summed E-state index contributed by atoms with van der Waals surface area (Å²) in [5.41, 5.74) is 1.23. The molecule has 0 unspecified atom stereocenters. The smallest absolute Gasteiger partial charge is 0.222 e. The summed E-state index contributed by atoms with van der Waals surface area (Å²) < 4.78 is 0. The fourth-order valence-corrected chi connectivity index (χ4v) is 3.37. The zero-order valence-corrected chi connectivity index (χ0v) is 14.2. The van der Waals surface area contributed by atoms with E-state index in [0.29, 0.717) is 12.5 Å². The molecule has 0 spiro atoms. The summed E-state index contributed by atoms with van der Waals surface area (Å²) in [6.45, 7) is 1.60. The minimum Gasteiger partial charge on any atom is -0.343 e. The number of hydrogen-bond acceptors (Lipinski definition) is 4. The number of hydrogen-bond donors (Lipinski definition) is 0. The topological polar surface area (TPSA) is 51.0 Å². The van der Waals surface area contributed by atoms with Gasteiger partial charge in [-0.05, 0) is 43.2 Å². The number of piperidine rings is 1. The maximum absolute atomic E-state index is 12.4. The molecule has 0 saturated carbocycles. The summed E-state index contributed by atoms with van der Waals surface area (Å²) in [6, 6.07) is 8.80. The van der Waals surface area contributed by atoms with E-state index < -0.39 is 0 Å². The molecule has 1 aliphatic rings. The van der Waals surface area contributed by atoms with Gasteiger partial charge in [-0.3, -0.25) is 4.79 Å². The lowest BCUT2D eigenvalue weighted by Crippen LogP contribution is -2.39. The van der Waals surface area contributed by atoms with Gasteiger partial charge in [-0.15, -0.1) is 11.8 Å². The fraction of sp³-hybridized carbons (Fsp3) is 0.471. The summed E-state index contributed by atoms with van der Waals surface area (Å²) in [6.07, 6.45) is 8.75. The number of rotatable bonds is 5. The van der Waals surface area contributed by atoms with Gasteiger partial charge in [0.15, 0.2) is 0 Å². The standard InChI is InChI=1S/C17H22N4OS/c1-23-16-5-2-14(3-6-16)4-7-17(22)20-12-8-15(9-13-20)21-18-10-11-19-21/h2-3,5-6,10-11,15H,4,7-9,12-13H2,1H3. The van der Waals surface area contributed by atoms with Crippen LogP contribution in [0.15, 0.2) is 41.6 Å². The number of aromatic nitrogens is 3. The second kappa shape index (κ2) is 7.64. The molecular weight excluding hydrogens is 308 g/mol. The molecule has 1 aromatic heterocycles. The Morgan fingerprint density at radius 1 is 1.17 bits per heavy atom. The van der Waals surface area contributed by atoms with Crippen LogP contribution in [0.25, 0.3) is 0 Å². The van der Waals surface area contributed by atoms with Crippen LogP contribution >= 0.6 is 11.8 Å². The van der Waals surface area contributed by atoms with Gasteiger partial charge in [-0.25, -0.2) is 0 Å². The Bertz CT molecular complexity index is 619. The van der Waals surface area contributed by atoms with Crippen molar-refractivity contribution in [2.24, 2.45) is 0 Å². The van der Waals surface area contributed by atoms with Gasteiger partial charge in [-0.1, -0.05) is 12.1 Å². The largest absolute Gasteiger partial charge is 0.343 e. The fourth-order valence-electron chi connectivity index (χ4n) is 2.96. The van der Waals surface area contributed by atoms with Gasteiger partial charge in [0.05, 0.1) is 18.4 Å². The zero-order chi connectivity index (χ0) is 16.1. The number of likely N-dealkylation sites (tertiary alicyclic amines) is 1. The molecule has 2 heterocycles. The van der Waals surface area contributed by atoms with Crippen LogP contribution in [0, 0.1) is 0 Å². The molecule has 0 bridgehead atoms. The van der Waals surface area contributed by atoms with Crippen molar-refractivity contribution < 1.29 is 4.79 Å². The summed E-state index contributed by atoms with van der Waals surface area (Å²) in [4.78, 5) is 17.4. The third kappa shape index (κ3) is 4.13. The van der Waals surface area contributed by atoms with E-state index in [4.69, 9.17) is 0 Å². The van der Waals surface area contributed by atoms with E-state index in [2.05, 4.69) is 40.7 Å². The highest BCUT2D eigenvalue weighted by atomic mass is 32.2. The second-order valence-electron chi connectivity index (χ2n) is 5.81. The van der Waals surface area contributed by atoms with Gasteiger partial charge in [0.2, 0.25) is 5.91 Å². The Morgan fingerprint density at radius 3 is 2.43 bits per heavy atom. The van der Waals surface area contributed by atoms with Crippen molar-refractivity contribution in [3.05, 3.63) is 42.2 Å². The normalized spacial score (nSPS) is 15.8. The van der Waals surface area contributed by atoms with E-state index in [1.54, 1.807) is 29.0 Å². The Labute approximate surface area is 141 Å². The maximum atomic E-state index is 12.4.